The average Bonchev–Trinajstić information content (AvgIpc) is 2.80. The summed E-state index contributed by atoms with van der Waals surface area (Å²) in [6.07, 6.45) is -0.262. The number of pyridine rings is 1. The maximum Gasteiger partial charge on any atom is 0.394 e. The fourth-order valence-corrected chi connectivity index (χ4v) is 3.40. The molecular weight excluding hydrogens is 462 g/mol. The maximum atomic E-state index is 12.9. The number of aromatic nitrogens is 1. The van der Waals surface area contributed by atoms with Gasteiger partial charge in [0.05, 0.1) is 5.56 Å². The summed E-state index contributed by atoms with van der Waals surface area (Å²) in [6, 6.07) is 14.3. The summed E-state index contributed by atoms with van der Waals surface area (Å²) >= 11 is 0. The minimum Gasteiger partial charge on any atom is -0.439 e. The molecule has 1 amide bonds. The predicted octanol–water partition coefficient (Wildman–Crippen LogP) is 5.87. The molecule has 3 aromatic rings. The number of nitrogens with zero attached hydrogens (tertiary/aromatic N) is 1. The van der Waals surface area contributed by atoms with Gasteiger partial charge in [-0.2, -0.15) is 8.78 Å². The van der Waals surface area contributed by atoms with E-state index in [-0.39, 0.29) is 17.5 Å². The number of nitrogens with one attached hydrogen (secondary N) is 1. The molecule has 0 aliphatic rings. The topological polar surface area (TPSA) is 77.5 Å². The molecule has 34 heavy (non-hydrogen) atoms. The highest BCUT2D eigenvalue weighted by atomic mass is 32.2. The first-order valence-corrected chi connectivity index (χ1v) is 12.2. The third-order valence-electron chi connectivity index (χ3n) is 4.43. The number of hydrogen-bond acceptors (Lipinski definition) is 5. The fourth-order valence-electron chi connectivity index (χ4n) is 2.80. The summed E-state index contributed by atoms with van der Waals surface area (Å²) < 4.78 is 47.3. The molecular formula is C25H28F2N2O4S. The standard InChI is InChI=1S/C23H22F2N2O4S.C2H6/c1-15-12-20(32(3)29)10-4-16(15)13-27-22(28)17-5-11-21(26-14-17)30-18-6-8-19(9-7-18)31-23(2,24)25;1-2/h4-12,14H,13H2,1-3H3,(H,27,28);1-2H3. The Morgan fingerprint density at radius 1 is 1.06 bits per heavy atom. The molecule has 1 atom stereocenters. The molecule has 1 heterocycles. The summed E-state index contributed by atoms with van der Waals surface area (Å²) in [5.41, 5.74) is 2.22. The van der Waals surface area contributed by atoms with Crippen molar-refractivity contribution in [1.29, 1.82) is 0 Å². The quantitative estimate of drug-likeness (QED) is 0.428. The maximum absolute atomic E-state index is 12.9. The van der Waals surface area contributed by atoms with Gasteiger partial charge in [0.15, 0.2) is 0 Å². The molecule has 0 saturated carbocycles. The zero-order valence-electron chi connectivity index (χ0n) is 19.7. The van der Waals surface area contributed by atoms with Crippen molar-refractivity contribution in [2.45, 2.75) is 45.2 Å². The van der Waals surface area contributed by atoms with Gasteiger partial charge in [0.1, 0.15) is 11.5 Å². The van der Waals surface area contributed by atoms with Crippen LogP contribution >= 0.6 is 0 Å². The lowest BCUT2D eigenvalue weighted by atomic mass is 10.1. The van der Waals surface area contributed by atoms with Crippen molar-refractivity contribution in [3.8, 4) is 17.4 Å². The van der Waals surface area contributed by atoms with Gasteiger partial charge in [-0.05, 0) is 60.5 Å². The van der Waals surface area contributed by atoms with E-state index in [0.29, 0.717) is 24.8 Å². The number of halogens is 2. The number of rotatable bonds is 8. The highest BCUT2D eigenvalue weighted by molar-refractivity contribution is 7.84. The smallest absolute Gasteiger partial charge is 0.394 e. The Morgan fingerprint density at radius 2 is 1.71 bits per heavy atom. The number of amides is 1. The van der Waals surface area contributed by atoms with E-state index >= 15 is 0 Å². The molecule has 3 rings (SSSR count). The van der Waals surface area contributed by atoms with E-state index in [1.807, 2.05) is 32.9 Å². The Morgan fingerprint density at radius 3 is 2.24 bits per heavy atom. The largest absolute Gasteiger partial charge is 0.439 e. The van der Waals surface area contributed by atoms with Crippen molar-refractivity contribution in [3.05, 3.63) is 77.5 Å². The van der Waals surface area contributed by atoms with Crippen LogP contribution in [0.15, 0.2) is 65.7 Å². The van der Waals surface area contributed by atoms with Gasteiger partial charge in [0.2, 0.25) is 5.88 Å². The highest BCUT2D eigenvalue weighted by Gasteiger charge is 2.23. The van der Waals surface area contributed by atoms with Gasteiger partial charge in [-0.25, -0.2) is 4.98 Å². The molecule has 0 spiro atoms. The molecule has 0 saturated heterocycles. The Hall–Kier alpha value is -3.33. The Bertz CT molecular complexity index is 1120. The van der Waals surface area contributed by atoms with Crippen LogP contribution in [0, 0.1) is 6.92 Å². The van der Waals surface area contributed by atoms with E-state index < -0.39 is 16.9 Å². The lowest BCUT2D eigenvalue weighted by Crippen LogP contribution is -2.23. The van der Waals surface area contributed by atoms with Crippen LogP contribution in [0.25, 0.3) is 0 Å². The molecule has 2 aromatic carbocycles. The molecule has 1 unspecified atom stereocenters. The third kappa shape index (κ3) is 8.22. The lowest BCUT2D eigenvalue weighted by molar-refractivity contribution is -0.158. The molecule has 0 fully saturated rings. The molecule has 1 N–H and O–H groups in total. The zero-order valence-corrected chi connectivity index (χ0v) is 20.5. The van der Waals surface area contributed by atoms with Crippen LogP contribution < -0.4 is 14.8 Å². The normalized spacial score (nSPS) is 11.6. The van der Waals surface area contributed by atoms with Crippen molar-refractivity contribution in [3.63, 3.8) is 0 Å². The van der Waals surface area contributed by atoms with Crippen molar-refractivity contribution < 1.29 is 27.3 Å². The first-order valence-electron chi connectivity index (χ1n) is 10.6. The Kier molecular flexibility index (Phi) is 9.68. The first-order chi connectivity index (χ1) is 16.1. The lowest BCUT2D eigenvalue weighted by Gasteiger charge is -2.13. The van der Waals surface area contributed by atoms with E-state index in [1.165, 1.54) is 36.5 Å². The average molecular weight is 491 g/mol. The predicted molar refractivity (Wildman–Crippen MR) is 128 cm³/mol. The van der Waals surface area contributed by atoms with E-state index in [4.69, 9.17) is 4.74 Å². The summed E-state index contributed by atoms with van der Waals surface area (Å²) in [5.74, 6) is 0.342. The second kappa shape index (κ2) is 12.2. The highest BCUT2D eigenvalue weighted by Crippen LogP contribution is 2.26. The number of carbonyl (C=O) groups excluding carboxylic acids is 1. The van der Waals surface area contributed by atoms with E-state index in [1.54, 1.807) is 18.4 Å². The van der Waals surface area contributed by atoms with Gasteiger partial charge in [-0.15, -0.1) is 0 Å². The molecule has 6 nitrogen and oxygen atoms in total. The summed E-state index contributed by atoms with van der Waals surface area (Å²) in [7, 11) is -1.06. The summed E-state index contributed by atoms with van der Waals surface area (Å²) in [4.78, 5) is 17.3. The second-order valence-corrected chi connectivity index (χ2v) is 8.47. The summed E-state index contributed by atoms with van der Waals surface area (Å²) in [5, 5.41) is 2.83. The Labute approximate surface area is 200 Å². The van der Waals surface area contributed by atoms with Crippen LogP contribution in [0.5, 0.6) is 17.4 Å². The van der Waals surface area contributed by atoms with Crippen LogP contribution in [0.3, 0.4) is 0 Å². The Balaban J connectivity index is 0.00000199. The van der Waals surface area contributed by atoms with E-state index in [2.05, 4.69) is 15.0 Å². The van der Waals surface area contributed by atoms with Gasteiger partial charge in [-0.3, -0.25) is 9.00 Å². The number of ether oxygens (including phenoxy) is 2. The van der Waals surface area contributed by atoms with Crippen molar-refractivity contribution in [2.75, 3.05) is 6.26 Å². The molecule has 0 bridgehead atoms. The zero-order chi connectivity index (χ0) is 25.3. The molecule has 9 heteroatoms. The SMILES string of the molecule is CC.Cc1cc(S(C)=O)ccc1CNC(=O)c1ccc(Oc2ccc(OC(C)(F)F)cc2)nc1. The number of benzene rings is 2. The number of hydrogen-bond donors (Lipinski definition) is 1. The summed E-state index contributed by atoms with van der Waals surface area (Å²) in [6.45, 7) is 6.88. The molecule has 0 aliphatic carbocycles. The van der Waals surface area contributed by atoms with Crippen LogP contribution in [0.4, 0.5) is 8.78 Å². The third-order valence-corrected chi connectivity index (χ3v) is 5.34. The van der Waals surface area contributed by atoms with Crippen LogP contribution in [-0.2, 0) is 17.3 Å². The van der Waals surface area contributed by atoms with Gasteiger partial charge in [0, 0.05) is 47.7 Å². The van der Waals surface area contributed by atoms with Crippen molar-refractivity contribution >= 4 is 16.7 Å². The number of alkyl halides is 2. The van der Waals surface area contributed by atoms with Crippen LogP contribution in [-0.4, -0.2) is 27.5 Å². The fraction of sp³-hybridized carbons (Fsp3) is 0.280. The number of aryl methyl sites for hydroxylation is 1. The van der Waals surface area contributed by atoms with Crippen molar-refractivity contribution in [2.24, 2.45) is 0 Å². The monoisotopic (exact) mass is 490 g/mol. The molecule has 1 aromatic heterocycles. The number of carbonyl (C=O) groups is 1. The minimum absolute atomic E-state index is 0.0117. The van der Waals surface area contributed by atoms with Gasteiger partial charge < -0.3 is 14.8 Å². The minimum atomic E-state index is -3.27. The van der Waals surface area contributed by atoms with Gasteiger partial charge in [0.25, 0.3) is 5.91 Å². The molecule has 0 radical (unpaired) electrons. The second-order valence-electron chi connectivity index (χ2n) is 7.09. The van der Waals surface area contributed by atoms with E-state index in [9.17, 15) is 17.8 Å². The van der Waals surface area contributed by atoms with Crippen molar-refractivity contribution in [1.82, 2.24) is 10.3 Å². The van der Waals surface area contributed by atoms with Gasteiger partial charge >= 0.3 is 6.11 Å². The van der Waals surface area contributed by atoms with Gasteiger partial charge in [-0.1, -0.05) is 19.9 Å². The molecule has 0 aliphatic heterocycles. The first kappa shape index (κ1) is 26.9. The van der Waals surface area contributed by atoms with Crippen LogP contribution in [0.1, 0.15) is 42.3 Å². The van der Waals surface area contributed by atoms with Crippen LogP contribution in [0.2, 0.25) is 0 Å². The van der Waals surface area contributed by atoms with E-state index in [0.717, 1.165) is 16.0 Å². The molecule has 182 valence electrons.